The molecule has 1 spiro atoms. The topological polar surface area (TPSA) is 69.7 Å². The maximum atomic E-state index is 12.7. The third-order valence-corrected chi connectivity index (χ3v) is 5.65. The van der Waals surface area contributed by atoms with Crippen LogP contribution in [-0.2, 0) is 16.1 Å². The highest BCUT2D eigenvalue weighted by atomic mass is 16.2. The molecule has 3 aliphatic rings. The molecular weight excluding hydrogens is 318 g/mol. The quantitative estimate of drug-likeness (QED) is 0.851. The largest absolute Gasteiger partial charge is 0.338 e. The molecule has 4 rings (SSSR count). The number of nitrogens with one attached hydrogen (secondary N) is 1. The lowest BCUT2D eigenvalue weighted by atomic mass is 9.97. The molecule has 1 N–H and O–H groups in total. The van der Waals surface area contributed by atoms with Crippen molar-refractivity contribution in [3.05, 3.63) is 35.9 Å². The highest BCUT2D eigenvalue weighted by Crippen LogP contribution is 2.35. The van der Waals surface area contributed by atoms with E-state index >= 15 is 0 Å². The smallest absolute Gasteiger partial charge is 0.325 e. The first-order valence-corrected chi connectivity index (χ1v) is 9.03. The summed E-state index contributed by atoms with van der Waals surface area (Å²) in [7, 11) is 0. The highest BCUT2D eigenvalue weighted by molar-refractivity contribution is 6.07. The maximum absolute atomic E-state index is 12.7. The van der Waals surface area contributed by atoms with Crippen molar-refractivity contribution in [3.8, 4) is 0 Å². The molecular formula is C19H23N3O3. The lowest BCUT2D eigenvalue weighted by Crippen LogP contribution is -2.44. The number of amides is 4. The van der Waals surface area contributed by atoms with E-state index in [0.29, 0.717) is 26.1 Å². The molecule has 1 unspecified atom stereocenters. The van der Waals surface area contributed by atoms with Crippen LogP contribution in [0.1, 0.15) is 37.7 Å². The van der Waals surface area contributed by atoms with Crippen LogP contribution in [0.25, 0.3) is 0 Å². The summed E-state index contributed by atoms with van der Waals surface area (Å²) in [5.41, 5.74) is 0.431. The second kappa shape index (κ2) is 6.17. The SMILES string of the molecule is O=C1CC(CN2C(=O)NC3(CCCC3)C2=O)CN1Cc1ccccc1. The first kappa shape index (κ1) is 16.1. The summed E-state index contributed by atoms with van der Waals surface area (Å²) in [6.07, 6.45) is 3.83. The Bertz CT molecular complexity index is 697. The van der Waals surface area contributed by atoms with Gasteiger partial charge in [0.05, 0.1) is 0 Å². The summed E-state index contributed by atoms with van der Waals surface area (Å²) in [5.74, 6) is 0.0166. The van der Waals surface area contributed by atoms with Crippen molar-refractivity contribution in [1.29, 1.82) is 0 Å². The van der Waals surface area contributed by atoms with Gasteiger partial charge in [0.1, 0.15) is 5.54 Å². The second-order valence-electron chi connectivity index (χ2n) is 7.47. The van der Waals surface area contributed by atoms with Crippen LogP contribution in [0.2, 0.25) is 0 Å². The minimum atomic E-state index is -0.663. The van der Waals surface area contributed by atoms with Gasteiger partial charge < -0.3 is 10.2 Å². The zero-order chi connectivity index (χ0) is 17.4. The van der Waals surface area contributed by atoms with Crippen LogP contribution < -0.4 is 5.32 Å². The van der Waals surface area contributed by atoms with E-state index in [1.807, 2.05) is 35.2 Å². The van der Waals surface area contributed by atoms with Crippen LogP contribution in [0.4, 0.5) is 4.79 Å². The Labute approximate surface area is 147 Å². The molecule has 2 heterocycles. The Balaban J connectivity index is 1.40. The third kappa shape index (κ3) is 2.90. The van der Waals surface area contributed by atoms with Crippen LogP contribution in [0, 0.1) is 5.92 Å². The van der Waals surface area contributed by atoms with E-state index in [9.17, 15) is 14.4 Å². The molecule has 1 aliphatic carbocycles. The van der Waals surface area contributed by atoms with Gasteiger partial charge in [0.2, 0.25) is 5.91 Å². The molecule has 0 bridgehead atoms. The van der Waals surface area contributed by atoms with E-state index in [1.165, 1.54) is 4.90 Å². The van der Waals surface area contributed by atoms with E-state index in [-0.39, 0.29) is 23.8 Å². The van der Waals surface area contributed by atoms with Crippen LogP contribution in [-0.4, -0.2) is 46.3 Å². The average molecular weight is 341 g/mol. The highest BCUT2D eigenvalue weighted by Gasteiger charge is 2.53. The molecule has 1 aromatic rings. The van der Waals surface area contributed by atoms with Crippen LogP contribution >= 0.6 is 0 Å². The second-order valence-corrected chi connectivity index (χ2v) is 7.47. The van der Waals surface area contributed by atoms with E-state index in [2.05, 4.69) is 5.32 Å². The number of imide groups is 1. The van der Waals surface area contributed by atoms with Crippen molar-refractivity contribution < 1.29 is 14.4 Å². The van der Waals surface area contributed by atoms with Crippen molar-refractivity contribution in [1.82, 2.24) is 15.1 Å². The van der Waals surface area contributed by atoms with Gasteiger partial charge in [-0.2, -0.15) is 0 Å². The van der Waals surface area contributed by atoms with E-state index in [4.69, 9.17) is 0 Å². The Hall–Kier alpha value is -2.37. The van der Waals surface area contributed by atoms with Crippen molar-refractivity contribution in [3.63, 3.8) is 0 Å². The molecule has 6 heteroatoms. The van der Waals surface area contributed by atoms with Crippen molar-refractivity contribution in [2.75, 3.05) is 13.1 Å². The number of urea groups is 1. The number of nitrogens with zero attached hydrogens (tertiary/aromatic N) is 2. The zero-order valence-electron chi connectivity index (χ0n) is 14.2. The monoisotopic (exact) mass is 341 g/mol. The third-order valence-electron chi connectivity index (χ3n) is 5.65. The number of carbonyl (C=O) groups is 3. The molecule has 1 saturated carbocycles. The molecule has 2 saturated heterocycles. The van der Waals surface area contributed by atoms with E-state index < -0.39 is 5.54 Å². The van der Waals surface area contributed by atoms with Crippen LogP contribution in [0.3, 0.4) is 0 Å². The van der Waals surface area contributed by atoms with Gasteiger partial charge in [-0.25, -0.2) is 4.79 Å². The predicted molar refractivity (Wildman–Crippen MR) is 91.4 cm³/mol. The first-order chi connectivity index (χ1) is 12.1. The van der Waals surface area contributed by atoms with Crippen molar-refractivity contribution in [2.24, 2.45) is 5.92 Å². The standard InChI is InChI=1S/C19H23N3O3/c23-16-10-15(12-21(16)11-14-6-2-1-3-7-14)13-22-17(24)19(20-18(22)25)8-4-5-9-19/h1-3,6-7,15H,4-5,8-13H2,(H,20,25). The molecule has 132 valence electrons. The average Bonchev–Trinajstić information content (AvgIpc) is 3.26. The summed E-state index contributed by atoms with van der Waals surface area (Å²) in [6, 6.07) is 9.59. The van der Waals surface area contributed by atoms with Gasteiger partial charge >= 0.3 is 6.03 Å². The fourth-order valence-electron chi connectivity index (χ4n) is 4.35. The van der Waals surface area contributed by atoms with Gasteiger partial charge in [-0.1, -0.05) is 43.2 Å². The molecule has 4 amide bonds. The molecule has 1 atom stereocenters. The molecule has 25 heavy (non-hydrogen) atoms. The number of rotatable bonds is 4. The molecule has 0 aromatic heterocycles. The van der Waals surface area contributed by atoms with E-state index in [1.54, 1.807) is 0 Å². The van der Waals surface area contributed by atoms with Gasteiger partial charge in [-0.3, -0.25) is 14.5 Å². The fraction of sp³-hybridized carbons (Fsp3) is 0.526. The lowest BCUT2D eigenvalue weighted by Gasteiger charge is -2.22. The lowest BCUT2D eigenvalue weighted by molar-refractivity contribution is -0.132. The first-order valence-electron chi connectivity index (χ1n) is 9.03. The van der Waals surface area contributed by atoms with Crippen molar-refractivity contribution in [2.45, 2.75) is 44.2 Å². The molecule has 3 fully saturated rings. The van der Waals surface area contributed by atoms with Gasteiger partial charge in [-0.05, 0) is 18.4 Å². The Morgan fingerprint density at radius 1 is 1.08 bits per heavy atom. The normalized spacial score (nSPS) is 25.3. The molecule has 2 aliphatic heterocycles. The van der Waals surface area contributed by atoms with Crippen molar-refractivity contribution >= 4 is 17.8 Å². The van der Waals surface area contributed by atoms with E-state index in [0.717, 1.165) is 31.2 Å². The minimum Gasteiger partial charge on any atom is -0.338 e. The number of carbonyl (C=O) groups excluding carboxylic acids is 3. The Morgan fingerprint density at radius 3 is 2.52 bits per heavy atom. The molecule has 0 radical (unpaired) electrons. The summed E-state index contributed by atoms with van der Waals surface area (Å²) >= 11 is 0. The molecule has 6 nitrogen and oxygen atoms in total. The number of likely N-dealkylation sites (tertiary alicyclic amines) is 1. The minimum absolute atomic E-state index is 0.0162. The molecule has 1 aromatic carbocycles. The number of benzene rings is 1. The van der Waals surface area contributed by atoms with Gasteiger partial charge in [0, 0.05) is 32.0 Å². The predicted octanol–water partition coefficient (Wildman–Crippen LogP) is 1.90. The Morgan fingerprint density at radius 2 is 1.80 bits per heavy atom. The summed E-state index contributed by atoms with van der Waals surface area (Å²) < 4.78 is 0. The van der Waals surface area contributed by atoms with Crippen LogP contribution in [0.5, 0.6) is 0 Å². The Kier molecular flexibility index (Phi) is 3.98. The summed E-state index contributed by atoms with van der Waals surface area (Å²) in [5, 5.41) is 2.90. The summed E-state index contributed by atoms with van der Waals surface area (Å²) in [4.78, 5) is 40.5. The zero-order valence-corrected chi connectivity index (χ0v) is 14.2. The van der Waals surface area contributed by atoms with Gasteiger partial charge in [-0.15, -0.1) is 0 Å². The van der Waals surface area contributed by atoms with Gasteiger partial charge in [0.15, 0.2) is 0 Å². The number of hydrogen-bond acceptors (Lipinski definition) is 3. The summed E-state index contributed by atoms with van der Waals surface area (Å²) in [6.45, 7) is 1.52. The van der Waals surface area contributed by atoms with Gasteiger partial charge in [0.25, 0.3) is 5.91 Å². The van der Waals surface area contributed by atoms with Crippen LogP contribution in [0.15, 0.2) is 30.3 Å². The fourth-order valence-corrected chi connectivity index (χ4v) is 4.35. The maximum Gasteiger partial charge on any atom is 0.325 e. The number of hydrogen-bond donors (Lipinski definition) is 1.